The minimum absolute atomic E-state index is 0.443. The van der Waals surface area contributed by atoms with Gasteiger partial charge in [-0.05, 0) is 48.7 Å². The van der Waals surface area contributed by atoms with E-state index in [0.29, 0.717) is 11.0 Å². The fourth-order valence-electron chi connectivity index (χ4n) is 2.36. The first-order chi connectivity index (χ1) is 12.1. The highest BCUT2D eigenvalue weighted by Gasteiger charge is 2.08. The Morgan fingerprint density at radius 3 is 2.76 bits per heavy atom. The summed E-state index contributed by atoms with van der Waals surface area (Å²) in [7, 11) is 1.99. The van der Waals surface area contributed by atoms with Crippen molar-refractivity contribution < 1.29 is 0 Å². The third-order valence-electron chi connectivity index (χ3n) is 3.94. The molecule has 6 nitrogen and oxygen atoms in total. The number of aromatic nitrogens is 4. The summed E-state index contributed by atoms with van der Waals surface area (Å²) >= 11 is 6.15. The van der Waals surface area contributed by atoms with E-state index in [1.54, 1.807) is 18.6 Å². The molecular formula is C18H19ClN6. The monoisotopic (exact) mass is 354 g/mol. The van der Waals surface area contributed by atoms with Crippen molar-refractivity contribution in [1.29, 1.82) is 0 Å². The molecule has 2 aromatic heterocycles. The number of anilines is 3. The Balaban J connectivity index is 1.69. The van der Waals surface area contributed by atoms with Gasteiger partial charge in [0, 0.05) is 36.7 Å². The Kier molecular flexibility index (Phi) is 5.40. The van der Waals surface area contributed by atoms with Crippen LogP contribution >= 0.6 is 11.6 Å². The van der Waals surface area contributed by atoms with Crippen LogP contribution in [0.5, 0.6) is 0 Å². The molecule has 0 fully saturated rings. The minimum atomic E-state index is 0.443. The van der Waals surface area contributed by atoms with Crippen molar-refractivity contribution in [3.05, 3.63) is 65.1 Å². The van der Waals surface area contributed by atoms with Crippen LogP contribution in [-0.4, -0.2) is 33.8 Å². The topological polar surface area (TPSA) is 66.8 Å². The molecule has 3 aromatic rings. The van der Waals surface area contributed by atoms with Crippen LogP contribution in [0.4, 0.5) is 17.5 Å². The number of nitrogens with one attached hydrogen (secondary N) is 1. The average Bonchev–Trinajstić information content (AvgIpc) is 2.64. The van der Waals surface area contributed by atoms with E-state index in [-0.39, 0.29) is 0 Å². The Hall–Kier alpha value is -2.73. The summed E-state index contributed by atoms with van der Waals surface area (Å²) in [4.78, 5) is 10.6. The molecule has 0 aliphatic carbocycles. The van der Waals surface area contributed by atoms with Crippen molar-refractivity contribution in [2.45, 2.75) is 13.3 Å². The smallest absolute Gasteiger partial charge is 0.249 e. The summed E-state index contributed by atoms with van der Waals surface area (Å²) < 4.78 is 0. The standard InChI is InChI=1S/C18H19ClN6/c1-13-15(19)4-3-5-16(13)22-18-23-17(12-21-24-18)25(2)11-8-14-6-9-20-10-7-14/h3-7,9-10,12H,8,11H2,1-2H3,(H,22,23,24). The SMILES string of the molecule is Cc1c(Cl)cccc1Nc1nncc(N(C)CCc2ccncc2)n1. The zero-order valence-electron chi connectivity index (χ0n) is 14.1. The number of likely N-dealkylation sites (N-methyl/N-ethyl adjacent to an activating group) is 1. The third kappa shape index (κ3) is 4.42. The van der Waals surface area contributed by atoms with Gasteiger partial charge in [-0.1, -0.05) is 17.7 Å². The maximum atomic E-state index is 6.15. The quantitative estimate of drug-likeness (QED) is 0.728. The van der Waals surface area contributed by atoms with Crippen LogP contribution in [0.25, 0.3) is 0 Å². The second kappa shape index (κ2) is 7.90. The van der Waals surface area contributed by atoms with Crippen molar-refractivity contribution in [3.63, 3.8) is 0 Å². The largest absolute Gasteiger partial charge is 0.358 e. The van der Waals surface area contributed by atoms with Gasteiger partial charge in [-0.3, -0.25) is 4.98 Å². The lowest BCUT2D eigenvalue weighted by molar-refractivity contribution is 0.840. The predicted molar refractivity (Wildman–Crippen MR) is 101 cm³/mol. The molecule has 0 amide bonds. The molecule has 0 aliphatic heterocycles. The average molecular weight is 355 g/mol. The fourth-order valence-corrected chi connectivity index (χ4v) is 2.53. The molecule has 2 heterocycles. The molecular weight excluding hydrogens is 336 g/mol. The summed E-state index contributed by atoms with van der Waals surface area (Å²) in [6, 6.07) is 9.70. The van der Waals surface area contributed by atoms with Crippen LogP contribution < -0.4 is 10.2 Å². The zero-order chi connectivity index (χ0) is 17.6. The number of halogens is 1. The molecule has 0 unspecified atom stereocenters. The first-order valence-electron chi connectivity index (χ1n) is 7.95. The summed E-state index contributed by atoms with van der Waals surface area (Å²) in [5.74, 6) is 1.20. The van der Waals surface area contributed by atoms with Crippen LogP contribution in [0.3, 0.4) is 0 Å². The lowest BCUT2D eigenvalue weighted by Crippen LogP contribution is -2.22. The van der Waals surface area contributed by atoms with Gasteiger partial charge in [0.15, 0.2) is 5.82 Å². The van der Waals surface area contributed by atoms with Gasteiger partial charge in [-0.2, -0.15) is 10.1 Å². The molecule has 0 spiro atoms. The summed E-state index contributed by atoms with van der Waals surface area (Å²) in [5.41, 5.74) is 3.05. The highest BCUT2D eigenvalue weighted by Crippen LogP contribution is 2.25. The molecule has 3 rings (SSSR count). The van der Waals surface area contributed by atoms with E-state index in [1.807, 2.05) is 49.2 Å². The van der Waals surface area contributed by atoms with Gasteiger partial charge < -0.3 is 10.2 Å². The van der Waals surface area contributed by atoms with Crippen molar-refractivity contribution in [2.75, 3.05) is 23.8 Å². The van der Waals surface area contributed by atoms with Crippen LogP contribution in [-0.2, 0) is 6.42 Å². The number of benzene rings is 1. The Morgan fingerprint density at radius 1 is 1.16 bits per heavy atom. The minimum Gasteiger partial charge on any atom is -0.358 e. The number of nitrogens with zero attached hydrogens (tertiary/aromatic N) is 5. The second-order valence-corrected chi connectivity index (χ2v) is 6.11. The van der Waals surface area contributed by atoms with Gasteiger partial charge in [0.05, 0.1) is 6.20 Å². The van der Waals surface area contributed by atoms with Crippen molar-refractivity contribution in [3.8, 4) is 0 Å². The summed E-state index contributed by atoms with van der Waals surface area (Å²) in [6.07, 6.45) is 6.16. The number of hydrogen-bond donors (Lipinski definition) is 1. The van der Waals surface area contributed by atoms with Crippen LogP contribution in [0.1, 0.15) is 11.1 Å². The van der Waals surface area contributed by atoms with Crippen molar-refractivity contribution in [2.24, 2.45) is 0 Å². The van der Waals surface area contributed by atoms with Crippen molar-refractivity contribution in [1.82, 2.24) is 20.2 Å². The molecule has 0 radical (unpaired) electrons. The molecule has 7 heteroatoms. The van der Waals surface area contributed by atoms with Crippen LogP contribution in [0.2, 0.25) is 5.02 Å². The van der Waals surface area contributed by atoms with Gasteiger partial charge in [0.2, 0.25) is 5.95 Å². The zero-order valence-corrected chi connectivity index (χ0v) is 14.9. The molecule has 0 saturated heterocycles. The van der Waals surface area contributed by atoms with E-state index in [0.717, 1.165) is 30.0 Å². The summed E-state index contributed by atoms with van der Waals surface area (Å²) in [6.45, 7) is 2.77. The predicted octanol–water partition coefficient (Wildman–Crippen LogP) is 3.65. The van der Waals surface area contributed by atoms with Crippen LogP contribution in [0, 0.1) is 6.92 Å². The van der Waals surface area contributed by atoms with Gasteiger partial charge in [0.1, 0.15) is 0 Å². The van der Waals surface area contributed by atoms with E-state index in [2.05, 4.69) is 25.5 Å². The van der Waals surface area contributed by atoms with E-state index < -0.39 is 0 Å². The lowest BCUT2D eigenvalue weighted by atomic mass is 10.2. The molecule has 25 heavy (non-hydrogen) atoms. The molecule has 0 aliphatic rings. The van der Waals surface area contributed by atoms with Gasteiger partial charge >= 0.3 is 0 Å². The third-order valence-corrected chi connectivity index (χ3v) is 4.35. The Morgan fingerprint density at radius 2 is 1.96 bits per heavy atom. The lowest BCUT2D eigenvalue weighted by Gasteiger charge is -2.18. The van der Waals surface area contributed by atoms with E-state index in [4.69, 9.17) is 11.6 Å². The number of rotatable bonds is 6. The van der Waals surface area contributed by atoms with Gasteiger partial charge in [-0.25, -0.2) is 0 Å². The van der Waals surface area contributed by atoms with Crippen molar-refractivity contribution >= 4 is 29.1 Å². The Bertz CT molecular complexity index is 840. The molecule has 1 aromatic carbocycles. The maximum absolute atomic E-state index is 6.15. The number of hydrogen-bond acceptors (Lipinski definition) is 6. The molecule has 0 atom stereocenters. The van der Waals surface area contributed by atoms with E-state index in [9.17, 15) is 0 Å². The molecule has 1 N–H and O–H groups in total. The second-order valence-electron chi connectivity index (χ2n) is 5.70. The van der Waals surface area contributed by atoms with Gasteiger partial charge in [0.25, 0.3) is 0 Å². The first kappa shape index (κ1) is 17.1. The summed E-state index contributed by atoms with van der Waals surface area (Å²) in [5, 5.41) is 12.0. The molecule has 128 valence electrons. The van der Waals surface area contributed by atoms with Gasteiger partial charge in [-0.15, -0.1) is 5.10 Å². The highest BCUT2D eigenvalue weighted by atomic mass is 35.5. The van der Waals surface area contributed by atoms with E-state index >= 15 is 0 Å². The normalized spacial score (nSPS) is 10.5. The highest BCUT2D eigenvalue weighted by molar-refractivity contribution is 6.31. The first-order valence-corrected chi connectivity index (χ1v) is 8.33. The fraction of sp³-hybridized carbons (Fsp3) is 0.222. The van der Waals surface area contributed by atoms with Crippen LogP contribution in [0.15, 0.2) is 48.9 Å². The molecule has 0 saturated carbocycles. The number of pyridine rings is 1. The van der Waals surface area contributed by atoms with E-state index in [1.165, 1.54) is 5.56 Å². The molecule has 0 bridgehead atoms. The Labute approximate surface area is 151 Å². The maximum Gasteiger partial charge on any atom is 0.249 e.